The first-order valence-electron chi connectivity index (χ1n) is 6.08. The highest BCUT2D eigenvalue weighted by Crippen LogP contribution is 2.21. The van der Waals surface area contributed by atoms with Crippen molar-refractivity contribution in [3.05, 3.63) is 53.7 Å². The van der Waals surface area contributed by atoms with Gasteiger partial charge >= 0.3 is 0 Å². The van der Waals surface area contributed by atoms with Gasteiger partial charge in [-0.05, 0) is 17.7 Å². The molecule has 0 aliphatic carbocycles. The second kappa shape index (κ2) is 6.57. The van der Waals surface area contributed by atoms with E-state index in [1.54, 1.807) is 7.11 Å². The van der Waals surface area contributed by atoms with Crippen LogP contribution in [0.3, 0.4) is 0 Å². The summed E-state index contributed by atoms with van der Waals surface area (Å²) in [6.45, 7) is 0.769. The predicted octanol–water partition coefficient (Wildman–Crippen LogP) is 3.62. The molecule has 0 radical (unpaired) electrons. The Labute approximate surface area is 122 Å². The Morgan fingerprint density at radius 3 is 2.63 bits per heavy atom. The number of hydrogen-bond donors (Lipinski definition) is 0. The molecule has 2 rings (SSSR count). The number of benzene rings is 1. The molecule has 3 nitrogen and oxygen atoms in total. The zero-order valence-corrected chi connectivity index (χ0v) is 12.7. The number of ether oxygens (including phenoxy) is 1. The summed E-state index contributed by atoms with van der Waals surface area (Å²) in [5.41, 5.74) is 2.33. The molecular formula is C15H17BrN2O. The van der Waals surface area contributed by atoms with Crippen molar-refractivity contribution >= 4 is 21.7 Å². The van der Waals surface area contributed by atoms with Gasteiger partial charge in [-0.3, -0.25) is 0 Å². The molecule has 0 saturated carbocycles. The van der Waals surface area contributed by atoms with E-state index in [1.807, 2.05) is 37.5 Å². The highest BCUT2D eigenvalue weighted by molar-refractivity contribution is 9.08. The van der Waals surface area contributed by atoms with Crippen molar-refractivity contribution in [2.75, 3.05) is 19.1 Å². The number of anilines is 1. The lowest BCUT2D eigenvalue weighted by Crippen LogP contribution is -2.18. The van der Waals surface area contributed by atoms with Crippen LogP contribution in [-0.2, 0) is 11.9 Å². The molecule has 0 bridgehead atoms. The fraction of sp³-hybridized carbons (Fsp3) is 0.267. The molecule has 2 aromatic rings. The van der Waals surface area contributed by atoms with Gasteiger partial charge < -0.3 is 9.64 Å². The fourth-order valence-electron chi connectivity index (χ4n) is 1.89. The van der Waals surface area contributed by atoms with Gasteiger partial charge in [0, 0.05) is 30.7 Å². The van der Waals surface area contributed by atoms with E-state index in [0.717, 1.165) is 29.0 Å². The molecule has 4 heteroatoms. The Balaban J connectivity index is 2.13. The minimum atomic E-state index is 0.769. The van der Waals surface area contributed by atoms with E-state index < -0.39 is 0 Å². The predicted molar refractivity (Wildman–Crippen MR) is 82.0 cm³/mol. The van der Waals surface area contributed by atoms with Gasteiger partial charge in [-0.1, -0.05) is 40.2 Å². The molecule has 19 heavy (non-hydrogen) atoms. The maximum atomic E-state index is 5.37. The maximum Gasteiger partial charge on any atom is 0.128 e. The number of hydrogen-bond acceptors (Lipinski definition) is 3. The Kier molecular flexibility index (Phi) is 4.80. The smallest absolute Gasteiger partial charge is 0.128 e. The standard InChI is InChI=1S/C15H17BrN2O/c1-18(15-8-7-12(9-16)10-17-15)11-13-5-3-4-6-14(13)19-2/h3-8,10H,9,11H2,1-2H3. The number of rotatable bonds is 5. The van der Waals surface area contributed by atoms with Crippen LogP contribution in [0.2, 0.25) is 0 Å². The van der Waals surface area contributed by atoms with E-state index in [2.05, 4.69) is 37.9 Å². The molecule has 1 heterocycles. The molecule has 0 aliphatic heterocycles. The first-order valence-corrected chi connectivity index (χ1v) is 7.20. The summed E-state index contributed by atoms with van der Waals surface area (Å²) in [4.78, 5) is 6.56. The topological polar surface area (TPSA) is 25.4 Å². The van der Waals surface area contributed by atoms with E-state index >= 15 is 0 Å². The van der Waals surface area contributed by atoms with Crippen LogP contribution in [0.15, 0.2) is 42.6 Å². The monoisotopic (exact) mass is 320 g/mol. The lowest BCUT2D eigenvalue weighted by molar-refractivity contribution is 0.409. The van der Waals surface area contributed by atoms with Crippen LogP contribution in [0.5, 0.6) is 5.75 Å². The molecule has 1 aromatic carbocycles. The van der Waals surface area contributed by atoms with Crippen LogP contribution in [0.1, 0.15) is 11.1 Å². The molecule has 0 amide bonds. The summed E-state index contributed by atoms with van der Waals surface area (Å²) in [5, 5.41) is 0.830. The number of pyridine rings is 1. The van der Waals surface area contributed by atoms with Gasteiger partial charge in [0.05, 0.1) is 7.11 Å². The molecule has 0 saturated heterocycles. The second-order valence-electron chi connectivity index (χ2n) is 4.33. The average Bonchev–Trinajstić information content (AvgIpc) is 2.48. The van der Waals surface area contributed by atoms with Crippen molar-refractivity contribution in [2.45, 2.75) is 11.9 Å². The maximum absolute atomic E-state index is 5.37. The summed E-state index contributed by atoms with van der Waals surface area (Å²) in [5.74, 6) is 1.86. The van der Waals surface area contributed by atoms with Crippen molar-refractivity contribution in [1.29, 1.82) is 0 Å². The van der Waals surface area contributed by atoms with Gasteiger partial charge in [-0.15, -0.1) is 0 Å². The third kappa shape index (κ3) is 3.47. The summed E-state index contributed by atoms with van der Waals surface area (Å²) in [7, 11) is 3.73. The Morgan fingerprint density at radius 2 is 2.00 bits per heavy atom. The first kappa shape index (κ1) is 13.9. The lowest BCUT2D eigenvalue weighted by atomic mass is 10.2. The van der Waals surface area contributed by atoms with E-state index in [0.29, 0.717) is 0 Å². The molecule has 0 spiro atoms. The molecule has 0 fully saturated rings. The SMILES string of the molecule is COc1ccccc1CN(C)c1ccc(CBr)cn1. The minimum absolute atomic E-state index is 0.769. The van der Waals surface area contributed by atoms with E-state index in [1.165, 1.54) is 5.56 Å². The van der Waals surface area contributed by atoms with Crippen LogP contribution < -0.4 is 9.64 Å². The van der Waals surface area contributed by atoms with Gasteiger partial charge in [0.25, 0.3) is 0 Å². The highest BCUT2D eigenvalue weighted by Gasteiger charge is 2.07. The summed E-state index contributed by atoms with van der Waals surface area (Å²) in [6, 6.07) is 12.2. The Morgan fingerprint density at radius 1 is 1.21 bits per heavy atom. The number of para-hydroxylation sites is 1. The number of halogens is 1. The van der Waals surface area contributed by atoms with Crippen LogP contribution in [0.4, 0.5) is 5.82 Å². The normalized spacial score (nSPS) is 10.3. The second-order valence-corrected chi connectivity index (χ2v) is 4.89. The van der Waals surface area contributed by atoms with Crippen LogP contribution in [-0.4, -0.2) is 19.1 Å². The van der Waals surface area contributed by atoms with Crippen LogP contribution in [0.25, 0.3) is 0 Å². The third-order valence-corrected chi connectivity index (χ3v) is 3.60. The van der Waals surface area contributed by atoms with Crippen LogP contribution >= 0.6 is 15.9 Å². The number of nitrogens with zero attached hydrogens (tertiary/aromatic N) is 2. The van der Waals surface area contributed by atoms with Gasteiger partial charge in [-0.2, -0.15) is 0 Å². The number of methoxy groups -OCH3 is 1. The molecule has 100 valence electrons. The third-order valence-electron chi connectivity index (χ3n) is 2.95. The molecule has 0 N–H and O–H groups in total. The molecule has 1 aromatic heterocycles. The van der Waals surface area contributed by atoms with Crippen molar-refractivity contribution in [2.24, 2.45) is 0 Å². The van der Waals surface area contributed by atoms with Crippen molar-refractivity contribution in [1.82, 2.24) is 4.98 Å². The summed E-state index contributed by atoms with van der Waals surface area (Å²) in [6.07, 6.45) is 1.89. The van der Waals surface area contributed by atoms with Crippen molar-refractivity contribution < 1.29 is 4.74 Å². The zero-order valence-electron chi connectivity index (χ0n) is 11.1. The zero-order chi connectivity index (χ0) is 13.7. The quantitative estimate of drug-likeness (QED) is 0.787. The van der Waals surface area contributed by atoms with Gasteiger partial charge in [0.15, 0.2) is 0 Å². The first-order chi connectivity index (χ1) is 9.24. The molecule has 0 aliphatic rings. The van der Waals surface area contributed by atoms with E-state index in [9.17, 15) is 0 Å². The number of alkyl halides is 1. The molecule has 0 atom stereocenters. The van der Waals surface area contributed by atoms with Crippen molar-refractivity contribution in [3.63, 3.8) is 0 Å². The minimum Gasteiger partial charge on any atom is -0.496 e. The Bertz CT molecular complexity index is 528. The summed E-state index contributed by atoms with van der Waals surface area (Å²) < 4.78 is 5.37. The summed E-state index contributed by atoms with van der Waals surface area (Å²) >= 11 is 3.42. The highest BCUT2D eigenvalue weighted by atomic mass is 79.9. The van der Waals surface area contributed by atoms with E-state index in [4.69, 9.17) is 4.74 Å². The average molecular weight is 321 g/mol. The lowest BCUT2D eigenvalue weighted by Gasteiger charge is -2.19. The number of aromatic nitrogens is 1. The van der Waals surface area contributed by atoms with E-state index in [-0.39, 0.29) is 0 Å². The fourth-order valence-corrected chi connectivity index (χ4v) is 2.22. The van der Waals surface area contributed by atoms with Crippen molar-refractivity contribution in [3.8, 4) is 5.75 Å². The van der Waals surface area contributed by atoms with Gasteiger partial charge in [0.1, 0.15) is 11.6 Å². The van der Waals surface area contributed by atoms with Gasteiger partial charge in [-0.25, -0.2) is 4.98 Å². The Hall–Kier alpha value is -1.55. The molecular weight excluding hydrogens is 304 g/mol. The van der Waals surface area contributed by atoms with Crippen LogP contribution in [0, 0.1) is 0 Å². The largest absolute Gasteiger partial charge is 0.496 e. The molecule has 0 unspecified atom stereocenters. The van der Waals surface area contributed by atoms with Gasteiger partial charge in [0.2, 0.25) is 0 Å².